The van der Waals surface area contributed by atoms with Gasteiger partial charge in [-0.05, 0) is 29.8 Å². The molecule has 0 saturated heterocycles. The first-order valence-corrected chi connectivity index (χ1v) is 7.24. The van der Waals surface area contributed by atoms with Crippen LogP contribution in [0.15, 0.2) is 54.9 Å². The maximum absolute atomic E-state index is 12.9. The van der Waals surface area contributed by atoms with Crippen LogP contribution in [0.5, 0.6) is 0 Å². The predicted molar refractivity (Wildman–Crippen MR) is 85.3 cm³/mol. The monoisotopic (exact) mass is 323 g/mol. The molecular weight excluding hydrogens is 309 g/mol. The summed E-state index contributed by atoms with van der Waals surface area (Å²) in [5.74, 6) is -0.0874. The largest absolute Gasteiger partial charge is 0.337 e. The molecule has 120 valence electrons. The molecule has 1 heterocycles. The highest BCUT2D eigenvalue weighted by molar-refractivity contribution is 5.93. The zero-order valence-electron chi connectivity index (χ0n) is 12.9. The summed E-state index contributed by atoms with van der Waals surface area (Å²) in [5, 5.41) is 15.2. The van der Waals surface area contributed by atoms with Gasteiger partial charge in [-0.3, -0.25) is 4.79 Å². The molecule has 3 aromatic rings. The predicted octanol–water partition coefficient (Wildman–Crippen LogP) is 2.34. The molecule has 0 atom stereocenters. The molecule has 0 bridgehead atoms. The number of amides is 1. The summed E-state index contributed by atoms with van der Waals surface area (Å²) in [4.78, 5) is 13.9. The summed E-state index contributed by atoms with van der Waals surface area (Å²) in [7, 11) is 1.70. The summed E-state index contributed by atoms with van der Waals surface area (Å²) < 4.78 is 12.9. The van der Waals surface area contributed by atoms with E-state index in [9.17, 15) is 9.18 Å². The Labute approximate surface area is 138 Å². The highest BCUT2D eigenvalue weighted by Gasteiger charge is 2.12. The standard InChI is InChI=1S/C17H14FN5O/c1-23(17(24)14-6-8-15(18)9-7-14)10-12-2-4-13(5-3-12)16-21-19-11-20-22-16/h2-9,11H,10H2,1H3. The fourth-order valence-electron chi connectivity index (χ4n) is 2.24. The van der Waals surface area contributed by atoms with Crippen molar-refractivity contribution in [1.29, 1.82) is 0 Å². The number of carbonyl (C=O) groups is 1. The van der Waals surface area contributed by atoms with Gasteiger partial charge in [0.1, 0.15) is 5.82 Å². The average molecular weight is 323 g/mol. The van der Waals surface area contributed by atoms with E-state index in [2.05, 4.69) is 20.4 Å². The molecule has 0 aliphatic rings. The zero-order valence-corrected chi connectivity index (χ0v) is 12.9. The van der Waals surface area contributed by atoms with E-state index in [0.717, 1.165) is 11.1 Å². The van der Waals surface area contributed by atoms with Crippen molar-refractivity contribution in [3.8, 4) is 11.4 Å². The van der Waals surface area contributed by atoms with E-state index in [4.69, 9.17) is 0 Å². The van der Waals surface area contributed by atoms with Crippen molar-refractivity contribution in [2.45, 2.75) is 6.54 Å². The Kier molecular flexibility index (Phi) is 4.51. The molecule has 3 rings (SSSR count). The molecule has 0 fully saturated rings. The van der Waals surface area contributed by atoms with Crippen molar-refractivity contribution < 1.29 is 9.18 Å². The van der Waals surface area contributed by atoms with Gasteiger partial charge in [-0.1, -0.05) is 24.3 Å². The lowest BCUT2D eigenvalue weighted by atomic mass is 10.1. The van der Waals surface area contributed by atoms with Crippen molar-refractivity contribution >= 4 is 5.91 Å². The molecule has 0 unspecified atom stereocenters. The van der Waals surface area contributed by atoms with Gasteiger partial charge < -0.3 is 4.90 Å². The minimum absolute atomic E-state index is 0.168. The molecule has 0 aliphatic carbocycles. The van der Waals surface area contributed by atoms with Gasteiger partial charge in [0.25, 0.3) is 5.91 Å². The van der Waals surface area contributed by atoms with E-state index in [-0.39, 0.29) is 11.7 Å². The van der Waals surface area contributed by atoms with E-state index >= 15 is 0 Å². The second-order valence-electron chi connectivity index (χ2n) is 5.24. The lowest BCUT2D eigenvalue weighted by Gasteiger charge is -2.17. The summed E-state index contributed by atoms with van der Waals surface area (Å²) in [6.07, 6.45) is 1.27. The van der Waals surface area contributed by atoms with Crippen LogP contribution in [0.1, 0.15) is 15.9 Å². The van der Waals surface area contributed by atoms with Crippen LogP contribution in [-0.2, 0) is 6.54 Å². The smallest absolute Gasteiger partial charge is 0.253 e. The Balaban J connectivity index is 1.69. The van der Waals surface area contributed by atoms with Crippen molar-refractivity contribution in [2.24, 2.45) is 0 Å². The van der Waals surface area contributed by atoms with Gasteiger partial charge in [-0.15, -0.1) is 20.4 Å². The Morgan fingerprint density at radius 2 is 1.62 bits per heavy atom. The first kappa shape index (κ1) is 15.7. The maximum Gasteiger partial charge on any atom is 0.253 e. The molecule has 0 spiro atoms. The van der Waals surface area contributed by atoms with Crippen LogP contribution < -0.4 is 0 Å². The first-order chi connectivity index (χ1) is 11.6. The summed E-state index contributed by atoms with van der Waals surface area (Å²) in [6, 6.07) is 13.0. The highest BCUT2D eigenvalue weighted by Crippen LogP contribution is 2.15. The second-order valence-corrected chi connectivity index (χ2v) is 5.24. The number of nitrogens with zero attached hydrogens (tertiary/aromatic N) is 5. The molecule has 24 heavy (non-hydrogen) atoms. The van der Waals surface area contributed by atoms with E-state index in [1.807, 2.05) is 24.3 Å². The molecule has 0 saturated carbocycles. The van der Waals surface area contributed by atoms with Crippen molar-refractivity contribution in [3.63, 3.8) is 0 Å². The number of carbonyl (C=O) groups excluding carboxylic acids is 1. The lowest BCUT2D eigenvalue weighted by molar-refractivity contribution is 0.0785. The fourth-order valence-corrected chi connectivity index (χ4v) is 2.24. The molecule has 2 aromatic carbocycles. The molecule has 0 N–H and O–H groups in total. The Morgan fingerprint density at radius 1 is 1.00 bits per heavy atom. The van der Waals surface area contributed by atoms with Crippen LogP contribution in [0.25, 0.3) is 11.4 Å². The number of halogens is 1. The number of hydrogen-bond donors (Lipinski definition) is 0. The van der Waals surface area contributed by atoms with Gasteiger partial charge in [-0.2, -0.15) is 0 Å². The molecule has 7 heteroatoms. The number of rotatable bonds is 4. The third-order valence-corrected chi connectivity index (χ3v) is 3.48. The molecule has 0 aliphatic heterocycles. The Morgan fingerprint density at radius 3 is 2.25 bits per heavy atom. The third kappa shape index (κ3) is 3.57. The van der Waals surface area contributed by atoms with Gasteiger partial charge in [0.15, 0.2) is 6.33 Å². The average Bonchev–Trinajstić information content (AvgIpc) is 2.63. The van der Waals surface area contributed by atoms with E-state index in [0.29, 0.717) is 17.9 Å². The van der Waals surface area contributed by atoms with Crippen LogP contribution in [0.4, 0.5) is 4.39 Å². The maximum atomic E-state index is 12.9. The van der Waals surface area contributed by atoms with Crippen molar-refractivity contribution in [3.05, 3.63) is 71.8 Å². The summed E-state index contributed by atoms with van der Waals surface area (Å²) >= 11 is 0. The van der Waals surface area contributed by atoms with Gasteiger partial charge >= 0.3 is 0 Å². The molecule has 0 radical (unpaired) electrons. The number of aromatic nitrogens is 4. The normalized spacial score (nSPS) is 10.4. The number of benzene rings is 2. The second kappa shape index (κ2) is 6.91. The quantitative estimate of drug-likeness (QED) is 0.737. The first-order valence-electron chi connectivity index (χ1n) is 7.24. The minimum atomic E-state index is -0.364. The Bertz CT molecular complexity index is 822. The molecular formula is C17H14FN5O. The van der Waals surface area contributed by atoms with Crippen molar-refractivity contribution in [2.75, 3.05) is 7.05 Å². The summed E-state index contributed by atoms with van der Waals surface area (Å²) in [5.41, 5.74) is 2.20. The fraction of sp³-hybridized carbons (Fsp3) is 0.118. The van der Waals surface area contributed by atoms with Crippen LogP contribution in [0, 0.1) is 5.82 Å². The molecule has 6 nitrogen and oxygen atoms in total. The van der Waals surface area contributed by atoms with Gasteiger partial charge in [0.2, 0.25) is 5.82 Å². The van der Waals surface area contributed by atoms with E-state index in [1.165, 1.54) is 30.6 Å². The topological polar surface area (TPSA) is 71.9 Å². The summed E-state index contributed by atoms with van der Waals surface area (Å²) in [6.45, 7) is 0.433. The number of hydrogen-bond acceptors (Lipinski definition) is 5. The molecule has 1 amide bonds. The third-order valence-electron chi connectivity index (χ3n) is 3.48. The minimum Gasteiger partial charge on any atom is -0.337 e. The Hall–Kier alpha value is -3.22. The van der Waals surface area contributed by atoms with Crippen LogP contribution in [-0.4, -0.2) is 38.2 Å². The van der Waals surface area contributed by atoms with Crippen LogP contribution >= 0.6 is 0 Å². The van der Waals surface area contributed by atoms with Gasteiger partial charge in [0, 0.05) is 24.7 Å². The zero-order chi connectivity index (χ0) is 16.9. The lowest BCUT2D eigenvalue weighted by Crippen LogP contribution is -2.26. The molecule has 1 aromatic heterocycles. The van der Waals surface area contributed by atoms with Crippen LogP contribution in [0.3, 0.4) is 0 Å². The van der Waals surface area contributed by atoms with Gasteiger partial charge in [0.05, 0.1) is 0 Å². The van der Waals surface area contributed by atoms with Crippen molar-refractivity contribution in [1.82, 2.24) is 25.3 Å². The SMILES string of the molecule is CN(Cc1ccc(-c2nncnn2)cc1)C(=O)c1ccc(F)cc1. The van der Waals surface area contributed by atoms with E-state index in [1.54, 1.807) is 11.9 Å². The van der Waals surface area contributed by atoms with Crippen LogP contribution in [0.2, 0.25) is 0 Å². The van der Waals surface area contributed by atoms with E-state index < -0.39 is 0 Å². The van der Waals surface area contributed by atoms with Gasteiger partial charge in [-0.25, -0.2) is 4.39 Å². The highest BCUT2D eigenvalue weighted by atomic mass is 19.1.